The fourth-order valence-electron chi connectivity index (χ4n) is 3.34. The molecule has 0 radical (unpaired) electrons. The van der Waals surface area contributed by atoms with Gasteiger partial charge in [0.1, 0.15) is 18.1 Å². The lowest BCUT2D eigenvalue weighted by molar-refractivity contribution is -0.136. The SMILES string of the molecule is O=C(COc1ccc(/C=N\NC(=O)C(=O)Nc2ccc(OCc3ccccc3)cc2)cc1)Nc1cccc(Cl)c1. The first kappa shape index (κ1) is 27.9. The summed E-state index contributed by atoms with van der Waals surface area (Å²) in [6, 6.07) is 29.9. The van der Waals surface area contributed by atoms with E-state index in [-0.39, 0.29) is 12.5 Å². The van der Waals surface area contributed by atoms with Gasteiger partial charge in [0.2, 0.25) is 0 Å². The van der Waals surface area contributed by atoms with Crippen molar-refractivity contribution in [3.8, 4) is 11.5 Å². The van der Waals surface area contributed by atoms with Crippen LogP contribution in [0.15, 0.2) is 108 Å². The number of carbonyl (C=O) groups excluding carboxylic acids is 3. The molecule has 0 saturated carbocycles. The zero-order chi connectivity index (χ0) is 28.2. The van der Waals surface area contributed by atoms with Crippen molar-refractivity contribution in [2.45, 2.75) is 6.61 Å². The summed E-state index contributed by atoms with van der Waals surface area (Å²) in [6.45, 7) is 0.235. The summed E-state index contributed by atoms with van der Waals surface area (Å²) < 4.78 is 11.2. The van der Waals surface area contributed by atoms with Crippen LogP contribution in [0.1, 0.15) is 11.1 Å². The molecule has 202 valence electrons. The summed E-state index contributed by atoms with van der Waals surface area (Å²) in [7, 11) is 0. The number of carbonyl (C=O) groups is 3. The molecular weight excluding hydrogens is 532 g/mol. The van der Waals surface area contributed by atoms with Crippen LogP contribution < -0.4 is 25.5 Å². The summed E-state index contributed by atoms with van der Waals surface area (Å²) in [5.41, 5.74) is 4.88. The van der Waals surface area contributed by atoms with Crippen LogP contribution >= 0.6 is 11.6 Å². The summed E-state index contributed by atoms with van der Waals surface area (Å²) >= 11 is 5.91. The normalized spacial score (nSPS) is 10.5. The smallest absolute Gasteiger partial charge is 0.329 e. The largest absolute Gasteiger partial charge is 0.489 e. The maximum Gasteiger partial charge on any atom is 0.329 e. The van der Waals surface area contributed by atoms with Gasteiger partial charge >= 0.3 is 11.8 Å². The molecule has 0 bridgehead atoms. The fourth-order valence-corrected chi connectivity index (χ4v) is 3.53. The van der Waals surface area contributed by atoms with E-state index >= 15 is 0 Å². The predicted molar refractivity (Wildman–Crippen MR) is 154 cm³/mol. The second kappa shape index (κ2) is 14.1. The van der Waals surface area contributed by atoms with Gasteiger partial charge in [-0.15, -0.1) is 0 Å². The van der Waals surface area contributed by atoms with Crippen molar-refractivity contribution in [2.75, 3.05) is 17.2 Å². The third kappa shape index (κ3) is 9.00. The molecule has 0 unspecified atom stereocenters. The minimum absolute atomic E-state index is 0.186. The van der Waals surface area contributed by atoms with Gasteiger partial charge in [0.25, 0.3) is 5.91 Å². The molecule has 4 rings (SSSR count). The van der Waals surface area contributed by atoms with E-state index in [2.05, 4.69) is 21.2 Å². The first-order valence-electron chi connectivity index (χ1n) is 12.1. The molecule has 0 spiro atoms. The summed E-state index contributed by atoms with van der Waals surface area (Å²) in [5.74, 6) is -1.02. The Balaban J connectivity index is 1.17. The molecule has 40 heavy (non-hydrogen) atoms. The summed E-state index contributed by atoms with van der Waals surface area (Å²) in [4.78, 5) is 36.3. The molecule has 0 heterocycles. The number of hydrazone groups is 1. The van der Waals surface area contributed by atoms with E-state index in [9.17, 15) is 14.4 Å². The van der Waals surface area contributed by atoms with Crippen molar-refractivity contribution in [2.24, 2.45) is 5.10 Å². The van der Waals surface area contributed by atoms with Gasteiger partial charge in [0.15, 0.2) is 6.61 Å². The van der Waals surface area contributed by atoms with Crippen molar-refractivity contribution in [3.05, 3.63) is 119 Å². The van der Waals surface area contributed by atoms with Gasteiger partial charge in [-0.25, -0.2) is 5.43 Å². The molecule has 4 aromatic carbocycles. The van der Waals surface area contributed by atoms with Crippen LogP contribution in [0.4, 0.5) is 11.4 Å². The summed E-state index contributed by atoms with van der Waals surface area (Å²) in [6.07, 6.45) is 1.37. The fraction of sp³-hybridized carbons (Fsp3) is 0.0667. The zero-order valence-electron chi connectivity index (χ0n) is 21.2. The van der Waals surface area contributed by atoms with Crippen LogP contribution in [0.3, 0.4) is 0 Å². The first-order valence-corrected chi connectivity index (χ1v) is 12.5. The van der Waals surface area contributed by atoms with Crippen molar-refractivity contribution in [1.82, 2.24) is 5.43 Å². The van der Waals surface area contributed by atoms with Crippen LogP contribution in [0.2, 0.25) is 5.02 Å². The lowest BCUT2D eigenvalue weighted by Crippen LogP contribution is -2.32. The molecule has 10 heteroatoms. The number of rotatable bonds is 10. The van der Waals surface area contributed by atoms with Crippen LogP contribution in [0.5, 0.6) is 11.5 Å². The van der Waals surface area contributed by atoms with E-state index in [0.717, 1.165) is 5.56 Å². The number of amides is 3. The van der Waals surface area contributed by atoms with E-state index in [1.165, 1.54) is 6.21 Å². The number of anilines is 2. The molecule has 0 aliphatic heterocycles. The van der Waals surface area contributed by atoms with Gasteiger partial charge < -0.3 is 20.1 Å². The molecular formula is C30H25ClN4O5. The highest BCUT2D eigenvalue weighted by molar-refractivity contribution is 6.39. The highest BCUT2D eigenvalue weighted by Crippen LogP contribution is 2.18. The molecule has 3 N–H and O–H groups in total. The number of ether oxygens (including phenoxy) is 2. The Bertz CT molecular complexity index is 1480. The Hall–Kier alpha value is -5.15. The van der Waals surface area contributed by atoms with Crippen LogP contribution in [0, 0.1) is 0 Å². The van der Waals surface area contributed by atoms with Crippen molar-refractivity contribution >= 4 is 46.9 Å². The number of halogens is 1. The molecule has 0 aromatic heterocycles. The molecule has 3 amide bonds. The molecule has 4 aromatic rings. The molecule has 0 aliphatic rings. The predicted octanol–water partition coefficient (Wildman–Crippen LogP) is 5.03. The number of hydrogen-bond acceptors (Lipinski definition) is 6. The van der Waals surface area contributed by atoms with Crippen LogP contribution in [-0.4, -0.2) is 30.5 Å². The molecule has 0 aliphatic carbocycles. The molecule has 9 nitrogen and oxygen atoms in total. The molecule has 0 fully saturated rings. The minimum Gasteiger partial charge on any atom is -0.489 e. The van der Waals surface area contributed by atoms with Crippen molar-refractivity contribution in [3.63, 3.8) is 0 Å². The van der Waals surface area contributed by atoms with Gasteiger partial charge in [0, 0.05) is 16.4 Å². The Labute approximate surface area is 235 Å². The third-order valence-corrected chi connectivity index (χ3v) is 5.54. The van der Waals surface area contributed by atoms with Crippen LogP contribution in [-0.2, 0) is 21.0 Å². The van der Waals surface area contributed by atoms with E-state index < -0.39 is 11.8 Å². The van der Waals surface area contributed by atoms with Crippen LogP contribution in [0.25, 0.3) is 0 Å². The highest BCUT2D eigenvalue weighted by atomic mass is 35.5. The highest BCUT2D eigenvalue weighted by Gasteiger charge is 2.13. The molecule has 0 atom stereocenters. The Kier molecular flexibility index (Phi) is 9.84. The van der Waals surface area contributed by atoms with Gasteiger partial charge in [-0.05, 0) is 77.9 Å². The Morgan fingerprint density at radius 1 is 0.725 bits per heavy atom. The Morgan fingerprint density at radius 3 is 2.15 bits per heavy atom. The average molecular weight is 557 g/mol. The van der Waals surface area contributed by atoms with E-state index in [4.69, 9.17) is 21.1 Å². The number of nitrogens with zero attached hydrogens (tertiary/aromatic N) is 1. The number of nitrogens with one attached hydrogen (secondary N) is 3. The van der Waals surface area contributed by atoms with Gasteiger partial charge in [0.05, 0.1) is 6.21 Å². The first-order chi connectivity index (χ1) is 19.4. The zero-order valence-corrected chi connectivity index (χ0v) is 21.9. The van der Waals surface area contributed by atoms with Crippen molar-refractivity contribution < 1.29 is 23.9 Å². The monoisotopic (exact) mass is 556 g/mol. The number of benzene rings is 4. The topological polar surface area (TPSA) is 118 Å². The van der Waals surface area contributed by atoms with E-state index in [0.29, 0.717) is 40.1 Å². The van der Waals surface area contributed by atoms with Crippen molar-refractivity contribution in [1.29, 1.82) is 0 Å². The van der Waals surface area contributed by atoms with Gasteiger partial charge in [-0.2, -0.15) is 5.10 Å². The average Bonchev–Trinajstić information content (AvgIpc) is 2.97. The second-order valence-electron chi connectivity index (χ2n) is 8.37. The maximum atomic E-state index is 12.2. The maximum absolute atomic E-state index is 12.2. The lowest BCUT2D eigenvalue weighted by atomic mass is 10.2. The minimum atomic E-state index is -0.925. The lowest BCUT2D eigenvalue weighted by Gasteiger charge is -2.08. The number of hydrogen-bond donors (Lipinski definition) is 3. The van der Waals surface area contributed by atoms with Gasteiger partial charge in [-0.1, -0.05) is 48.0 Å². The van der Waals surface area contributed by atoms with Gasteiger partial charge in [-0.3, -0.25) is 14.4 Å². The Morgan fingerprint density at radius 2 is 1.43 bits per heavy atom. The van der Waals surface area contributed by atoms with E-state index in [1.807, 2.05) is 30.3 Å². The van der Waals surface area contributed by atoms with E-state index in [1.54, 1.807) is 72.8 Å². The summed E-state index contributed by atoms with van der Waals surface area (Å²) in [5, 5.41) is 9.52. The third-order valence-electron chi connectivity index (χ3n) is 5.30. The quantitative estimate of drug-likeness (QED) is 0.144. The second-order valence-corrected chi connectivity index (χ2v) is 8.80. The molecule has 0 saturated heterocycles. The standard InChI is InChI=1S/C30H25ClN4O5/c31-23-7-4-8-25(17-23)33-28(36)20-40-26-13-9-21(10-14-26)18-32-35-30(38)29(37)34-24-11-15-27(16-12-24)39-19-22-5-2-1-3-6-22/h1-18H,19-20H2,(H,33,36)(H,34,37)(H,35,38)/b32-18-.